The van der Waals surface area contributed by atoms with Gasteiger partial charge in [-0.1, -0.05) is 6.42 Å². The van der Waals surface area contributed by atoms with E-state index in [0.717, 1.165) is 31.9 Å². The van der Waals surface area contributed by atoms with Crippen LogP contribution in [0.25, 0.3) is 0 Å². The van der Waals surface area contributed by atoms with Crippen molar-refractivity contribution in [3.05, 3.63) is 23.9 Å². The molecule has 166 valence electrons. The molecule has 0 aliphatic heterocycles. The maximum Gasteiger partial charge on any atom is 0.421 e. The predicted molar refractivity (Wildman–Crippen MR) is 117 cm³/mol. The molecule has 2 rings (SSSR count). The SMILES string of the molecule is CCNC(=NCC1(CCOC)CCC1)NCCOc1ncccc1C(F)(F)F.I. The monoisotopic (exact) mass is 530 g/mol. The van der Waals surface area contributed by atoms with E-state index in [1.165, 1.54) is 18.7 Å². The van der Waals surface area contributed by atoms with E-state index >= 15 is 0 Å². The molecule has 1 aromatic rings. The number of ether oxygens (including phenoxy) is 2. The Hall–Kier alpha value is -1.30. The third kappa shape index (κ3) is 8.15. The lowest BCUT2D eigenvalue weighted by atomic mass is 9.67. The van der Waals surface area contributed by atoms with Crippen LogP contribution < -0.4 is 15.4 Å². The smallest absolute Gasteiger partial charge is 0.421 e. The molecule has 1 aliphatic carbocycles. The standard InChI is InChI=1S/C19H29F3N4O2.HI/c1-3-23-17(26-14-18(7-5-8-18)9-12-27-2)25-11-13-28-16-15(19(20,21)22)6-4-10-24-16;/h4,6,10H,3,5,7-9,11-14H2,1-2H3,(H2,23,25,26);1H. The number of hydrogen-bond donors (Lipinski definition) is 2. The Morgan fingerprint density at radius 1 is 1.28 bits per heavy atom. The fourth-order valence-corrected chi connectivity index (χ4v) is 3.11. The van der Waals surface area contributed by atoms with Crippen LogP contribution in [0.3, 0.4) is 0 Å². The number of hydrogen-bond acceptors (Lipinski definition) is 4. The van der Waals surface area contributed by atoms with E-state index in [2.05, 4.69) is 20.6 Å². The van der Waals surface area contributed by atoms with Crippen molar-refractivity contribution in [3.63, 3.8) is 0 Å². The van der Waals surface area contributed by atoms with Crippen molar-refractivity contribution < 1.29 is 22.6 Å². The number of guanidine groups is 1. The summed E-state index contributed by atoms with van der Waals surface area (Å²) < 4.78 is 49.3. The molecule has 0 radical (unpaired) electrons. The molecule has 1 aliphatic rings. The van der Waals surface area contributed by atoms with E-state index in [9.17, 15) is 13.2 Å². The van der Waals surface area contributed by atoms with E-state index < -0.39 is 17.6 Å². The van der Waals surface area contributed by atoms with Gasteiger partial charge < -0.3 is 20.1 Å². The maximum absolute atomic E-state index is 13.0. The Balaban J connectivity index is 0.00000420. The molecule has 1 aromatic heterocycles. The van der Waals surface area contributed by atoms with Crippen molar-refractivity contribution in [2.24, 2.45) is 10.4 Å². The lowest BCUT2D eigenvalue weighted by Crippen LogP contribution is -2.41. The average Bonchev–Trinajstić information content (AvgIpc) is 2.63. The normalized spacial score (nSPS) is 15.8. The molecular formula is C19H30F3IN4O2. The van der Waals surface area contributed by atoms with Crippen LogP contribution in [0.1, 0.15) is 38.2 Å². The predicted octanol–water partition coefficient (Wildman–Crippen LogP) is 3.86. The first-order valence-electron chi connectivity index (χ1n) is 9.56. The van der Waals surface area contributed by atoms with E-state index in [1.54, 1.807) is 7.11 Å². The number of alkyl halides is 3. The maximum atomic E-state index is 13.0. The molecule has 10 heteroatoms. The zero-order chi connectivity index (χ0) is 20.5. The average molecular weight is 530 g/mol. The number of nitrogens with one attached hydrogen (secondary N) is 2. The number of pyridine rings is 1. The highest BCUT2D eigenvalue weighted by Gasteiger charge is 2.36. The molecule has 1 heterocycles. The third-order valence-corrected chi connectivity index (χ3v) is 4.88. The van der Waals surface area contributed by atoms with Gasteiger partial charge in [0.1, 0.15) is 12.2 Å². The van der Waals surface area contributed by atoms with Gasteiger partial charge in [-0.25, -0.2) is 4.98 Å². The van der Waals surface area contributed by atoms with Crippen LogP contribution in [0.4, 0.5) is 13.2 Å². The van der Waals surface area contributed by atoms with Crippen LogP contribution in [-0.4, -0.2) is 50.9 Å². The van der Waals surface area contributed by atoms with Gasteiger partial charge in [-0.3, -0.25) is 4.99 Å². The summed E-state index contributed by atoms with van der Waals surface area (Å²) in [5.41, 5.74) is -0.676. The molecule has 0 unspecified atom stereocenters. The zero-order valence-corrected chi connectivity index (χ0v) is 19.2. The Labute approximate surface area is 187 Å². The second-order valence-corrected chi connectivity index (χ2v) is 6.92. The van der Waals surface area contributed by atoms with Crippen molar-refractivity contribution in [2.75, 3.05) is 40.0 Å². The van der Waals surface area contributed by atoms with Gasteiger partial charge in [-0.2, -0.15) is 13.2 Å². The fourth-order valence-electron chi connectivity index (χ4n) is 3.11. The van der Waals surface area contributed by atoms with Gasteiger partial charge in [-0.05, 0) is 43.7 Å². The van der Waals surface area contributed by atoms with Crippen LogP contribution in [0.15, 0.2) is 23.3 Å². The Bertz CT molecular complexity index is 640. The minimum Gasteiger partial charge on any atom is -0.475 e. The summed E-state index contributed by atoms with van der Waals surface area (Å²) in [6, 6.07) is 2.20. The molecule has 1 fully saturated rings. The Morgan fingerprint density at radius 2 is 2.03 bits per heavy atom. The van der Waals surface area contributed by atoms with Crippen LogP contribution in [0, 0.1) is 5.41 Å². The molecular weight excluding hydrogens is 500 g/mol. The van der Waals surface area contributed by atoms with E-state index in [1.807, 2.05) is 6.92 Å². The summed E-state index contributed by atoms with van der Waals surface area (Å²) in [6.45, 7) is 4.42. The van der Waals surface area contributed by atoms with Crippen LogP contribution in [-0.2, 0) is 10.9 Å². The van der Waals surface area contributed by atoms with Gasteiger partial charge >= 0.3 is 6.18 Å². The molecule has 0 spiro atoms. The van der Waals surface area contributed by atoms with Crippen molar-refractivity contribution in [1.29, 1.82) is 0 Å². The summed E-state index contributed by atoms with van der Waals surface area (Å²) in [4.78, 5) is 8.34. The van der Waals surface area contributed by atoms with Gasteiger partial charge in [0.05, 0.1) is 6.54 Å². The number of nitrogens with zero attached hydrogens (tertiary/aromatic N) is 2. The zero-order valence-electron chi connectivity index (χ0n) is 16.8. The molecule has 6 nitrogen and oxygen atoms in total. The Kier molecular flexibility index (Phi) is 11.0. The van der Waals surface area contributed by atoms with Gasteiger partial charge in [0.25, 0.3) is 0 Å². The van der Waals surface area contributed by atoms with Crippen LogP contribution >= 0.6 is 24.0 Å². The molecule has 0 aromatic carbocycles. The number of aromatic nitrogens is 1. The number of aliphatic imine (C=N–C) groups is 1. The van der Waals surface area contributed by atoms with Crippen LogP contribution in [0.5, 0.6) is 5.88 Å². The summed E-state index contributed by atoms with van der Waals surface area (Å²) in [6.07, 6.45) is 1.26. The fraction of sp³-hybridized carbons (Fsp3) is 0.684. The summed E-state index contributed by atoms with van der Waals surface area (Å²) >= 11 is 0. The largest absolute Gasteiger partial charge is 0.475 e. The number of rotatable bonds is 10. The first-order chi connectivity index (χ1) is 13.4. The summed E-state index contributed by atoms with van der Waals surface area (Å²) in [5.74, 6) is 0.221. The molecule has 0 amide bonds. The molecule has 0 saturated heterocycles. The minimum atomic E-state index is -4.49. The highest BCUT2D eigenvalue weighted by atomic mass is 127. The topological polar surface area (TPSA) is 67.8 Å². The van der Waals surface area contributed by atoms with Crippen molar-refractivity contribution in [2.45, 2.75) is 38.8 Å². The van der Waals surface area contributed by atoms with Crippen molar-refractivity contribution >= 4 is 29.9 Å². The minimum absolute atomic E-state index is 0. The third-order valence-electron chi connectivity index (χ3n) is 4.88. The van der Waals surface area contributed by atoms with E-state index in [-0.39, 0.29) is 36.0 Å². The first kappa shape index (κ1) is 25.7. The molecule has 1 saturated carbocycles. The van der Waals surface area contributed by atoms with Gasteiger partial charge in [0.2, 0.25) is 5.88 Å². The molecule has 0 atom stereocenters. The van der Waals surface area contributed by atoms with Gasteiger partial charge in [0, 0.05) is 33.0 Å². The number of halogens is 4. The second kappa shape index (κ2) is 12.4. The van der Waals surface area contributed by atoms with Gasteiger partial charge in [-0.15, -0.1) is 24.0 Å². The van der Waals surface area contributed by atoms with E-state index in [0.29, 0.717) is 25.6 Å². The van der Waals surface area contributed by atoms with Crippen molar-refractivity contribution in [1.82, 2.24) is 15.6 Å². The highest BCUT2D eigenvalue weighted by molar-refractivity contribution is 14.0. The van der Waals surface area contributed by atoms with Crippen LogP contribution in [0.2, 0.25) is 0 Å². The summed E-state index contributed by atoms with van der Waals surface area (Å²) in [7, 11) is 1.70. The van der Waals surface area contributed by atoms with Crippen molar-refractivity contribution in [3.8, 4) is 5.88 Å². The highest BCUT2D eigenvalue weighted by Crippen LogP contribution is 2.44. The quantitative estimate of drug-likeness (QED) is 0.208. The first-order valence-corrected chi connectivity index (χ1v) is 9.56. The Morgan fingerprint density at radius 3 is 2.62 bits per heavy atom. The molecule has 29 heavy (non-hydrogen) atoms. The lowest BCUT2D eigenvalue weighted by molar-refractivity contribution is -0.139. The summed E-state index contributed by atoms with van der Waals surface area (Å²) in [5, 5.41) is 6.25. The van der Waals surface area contributed by atoms with E-state index in [4.69, 9.17) is 9.47 Å². The molecule has 0 bridgehead atoms. The second-order valence-electron chi connectivity index (χ2n) is 6.92. The van der Waals surface area contributed by atoms with Gasteiger partial charge in [0.15, 0.2) is 5.96 Å². The lowest BCUT2D eigenvalue weighted by Gasteiger charge is -2.40. The number of methoxy groups -OCH3 is 1. The molecule has 2 N–H and O–H groups in total.